The largest absolute Gasteiger partial charge is 0.480 e. The second-order valence-corrected chi connectivity index (χ2v) is 5.82. The zero-order valence-electron chi connectivity index (χ0n) is 11.0. The normalized spacial score (nSPS) is 19.3. The Balaban J connectivity index is 2.31. The van der Waals surface area contributed by atoms with Crippen molar-refractivity contribution in [2.75, 3.05) is 18.1 Å². The third kappa shape index (κ3) is 2.76. The summed E-state index contributed by atoms with van der Waals surface area (Å²) >= 11 is 1.58. The summed E-state index contributed by atoms with van der Waals surface area (Å²) in [5.74, 6) is 0.159. The molecule has 0 saturated carbocycles. The van der Waals surface area contributed by atoms with E-state index >= 15 is 0 Å². The molecule has 0 spiro atoms. The van der Waals surface area contributed by atoms with Crippen molar-refractivity contribution >= 4 is 23.6 Å². The average molecular weight is 279 g/mol. The van der Waals surface area contributed by atoms with E-state index < -0.39 is 12.0 Å². The van der Waals surface area contributed by atoms with Crippen LogP contribution in [0.15, 0.2) is 18.2 Å². The van der Waals surface area contributed by atoms with Crippen LogP contribution in [0.2, 0.25) is 0 Å². The summed E-state index contributed by atoms with van der Waals surface area (Å²) in [4.78, 5) is 25.3. The molecular weight excluding hydrogens is 262 g/mol. The Labute approximate surface area is 116 Å². The van der Waals surface area contributed by atoms with Gasteiger partial charge in [0.2, 0.25) is 0 Å². The highest BCUT2D eigenvalue weighted by Crippen LogP contribution is 2.21. The van der Waals surface area contributed by atoms with Crippen LogP contribution in [0.4, 0.5) is 0 Å². The van der Waals surface area contributed by atoms with Crippen LogP contribution in [0.25, 0.3) is 0 Å². The van der Waals surface area contributed by atoms with E-state index in [9.17, 15) is 14.7 Å². The molecule has 1 unspecified atom stereocenters. The van der Waals surface area contributed by atoms with Crippen molar-refractivity contribution in [3.8, 4) is 0 Å². The van der Waals surface area contributed by atoms with Gasteiger partial charge < -0.3 is 10.0 Å². The number of carbonyl (C=O) groups excluding carboxylic acids is 1. The number of rotatable bonds is 2. The molecule has 0 aromatic heterocycles. The fourth-order valence-electron chi connectivity index (χ4n) is 2.19. The first-order chi connectivity index (χ1) is 9.02. The maximum atomic E-state index is 12.5. The molecule has 102 valence electrons. The van der Waals surface area contributed by atoms with E-state index in [0.717, 1.165) is 16.9 Å². The third-order valence-corrected chi connectivity index (χ3v) is 4.53. The second kappa shape index (κ2) is 5.65. The topological polar surface area (TPSA) is 57.6 Å². The summed E-state index contributed by atoms with van der Waals surface area (Å²) in [6.45, 7) is 4.34. The number of aliphatic carboxylic acids is 1. The van der Waals surface area contributed by atoms with Gasteiger partial charge in [0, 0.05) is 23.6 Å². The number of carboxylic acids is 1. The van der Waals surface area contributed by atoms with E-state index in [1.54, 1.807) is 17.8 Å². The van der Waals surface area contributed by atoms with Crippen LogP contribution in [-0.4, -0.2) is 46.0 Å². The van der Waals surface area contributed by atoms with E-state index in [1.807, 2.05) is 26.0 Å². The van der Waals surface area contributed by atoms with Crippen molar-refractivity contribution in [1.29, 1.82) is 0 Å². The fourth-order valence-corrected chi connectivity index (χ4v) is 3.23. The first kappa shape index (κ1) is 13.9. The van der Waals surface area contributed by atoms with Gasteiger partial charge in [0.1, 0.15) is 6.04 Å². The monoisotopic (exact) mass is 279 g/mol. The zero-order valence-corrected chi connectivity index (χ0v) is 11.9. The van der Waals surface area contributed by atoms with Crippen molar-refractivity contribution in [1.82, 2.24) is 4.90 Å². The minimum atomic E-state index is -0.925. The molecule has 1 saturated heterocycles. The minimum absolute atomic E-state index is 0.172. The maximum Gasteiger partial charge on any atom is 0.327 e. The predicted octanol–water partition coefficient (Wildman–Crippen LogP) is 1.95. The molecule has 1 aromatic carbocycles. The Kier molecular flexibility index (Phi) is 4.14. The summed E-state index contributed by atoms with van der Waals surface area (Å²) in [6, 6.07) is 4.84. The van der Waals surface area contributed by atoms with Crippen molar-refractivity contribution in [2.45, 2.75) is 19.9 Å². The number of carboxylic acid groups (broad SMARTS) is 1. The quantitative estimate of drug-likeness (QED) is 0.899. The van der Waals surface area contributed by atoms with Gasteiger partial charge in [-0.1, -0.05) is 12.1 Å². The number of hydrogen-bond donors (Lipinski definition) is 1. The van der Waals surface area contributed by atoms with Gasteiger partial charge in [-0.15, -0.1) is 0 Å². The van der Waals surface area contributed by atoms with E-state index in [-0.39, 0.29) is 5.91 Å². The van der Waals surface area contributed by atoms with E-state index in [2.05, 4.69) is 0 Å². The fraction of sp³-hybridized carbons (Fsp3) is 0.429. The Morgan fingerprint density at radius 1 is 1.37 bits per heavy atom. The number of carbonyl (C=O) groups is 2. The van der Waals surface area contributed by atoms with E-state index in [1.165, 1.54) is 4.90 Å². The van der Waals surface area contributed by atoms with Crippen LogP contribution in [0.3, 0.4) is 0 Å². The van der Waals surface area contributed by atoms with Gasteiger partial charge in [-0.05, 0) is 31.0 Å². The SMILES string of the molecule is Cc1cccc(C(=O)N2CCSCC2C(=O)O)c1C. The van der Waals surface area contributed by atoms with Crippen LogP contribution in [-0.2, 0) is 4.79 Å². The lowest BCUT2D eigenvalue weighted by atomic mass is 10.0. The van der Waals surface area contributed by atoms with Gasteiger partial charge in [0.25, 0.3) is 5.91 Å². The second-order valence-electron chi connectivity index (χ2n) is 4.67. The molecular formula is C14H17NO3S. The molecule has 1 aliphatic rings. The summed E-state index contributed by atoms with van der Waals surface area (Å²) in [5.41, 5.74) is 2.58. The zero-order chi connectivity index (χ0) is 14.0. The smallest absolute Gasteiger partial charge is 0.327 e. The van der Waals surface area contributed by atoms with E-state index in [0.29, 0.717) is 17.9 Å². The van der Waals surface area contributed by atoms with Crippen molar-refractivity contribution in [3.05, 3.63) is 34.9 Å². The number of amides is 1. The molecule has 1 aliphatic heterocycles. The number of nitrogens with zero attached hydrogens (tertiary/aromatic N) is 1. The Hall–Kier alpha value is -1.49. The lowest BCUT2D eigenvalue weighted by molar-refractivity contribution is -0.141. The Morgan fingerprint density at radius 3 is 2.79 bits per heavy atom. The summed E-state index contributed by atoms with van der Waals surface area (Å²) < 4.78 is 0. The number of hydrogen-bond acceptors (Lipinski definition) is 3. The molecule has 4 nitrogen and oxygen atoms in total. The van der Waals surface area contributed by atoms with Gasteiger partial charge >= 0.3 is 5.97 Å². The van der Waals surface area contributed by atoms with Crippen LogP contribution >= 0.6 is 11.8 Å². The highest BCUT2D eigenvalue weighted by molar-refractivity contribution is 7.99. The lowest BCUT2D eigenvalue weighted by Gasteiger charge is -2.33. The summed E-state index contributed by atoms with van der Waals surface area (Å²) in [5, 5.41) is 9.22. The molecule has 0 radical (unpaired) electrons. The van der Waals surface area contributed by atoms with Crippen LogP contribution in [0.5, 0.6) is 0 Å². The number of thioether (sulfide) groups is 1. The van der Waals surface area contributed by atoms with Crippen molar-refractivity contribution < 1.29 is 14.7 Å². The lowest BCUT2D eigenvalue weighted by Crippen LogP contribution is -2.50. The maximum absolute atomic E-state index is 12.5. The highest BCUT2D eigenvalue weighted by Gasteiger charge is 2.33. The standard InChI is InChI=1S/C14H17NO3S/c1-9-4-3-5-11(10(9)2)13(16)15-6-7-19-8-12(15)14(17)18/h3-5,12H,6-8H2,1-2H3,(H,17,18). The first-order valence-corrected chi connectivity index (χ1v) is 7.35. The van der Waals surface area contributed by atoms with Crippen molar-refractivity contribution in [3.63, 3.8) is 0 Å². The van der Waals surface area contributed by atoms with Crippen LogP contribution in [0.1, 0.15) is 21.5 Å². The first-order valence-electron chi connectivity index (χ1n) is 6.20. The van der Waals surface area contributed by atoms with Gasteiger partial charge in [-0.3, -0.25) is 4.79 Å². The summed E-state index contributed by atoms with van der Waals surface area (Å²) in [7, 11) is 0. The molecule has 1 amide bonds. The van der Waals surface area contributed by atoms with Gasteiger partial charge in [-0.25, -0.2) is 4.79 Å². The molecule has 0 bridgehead atoms. The Bertz CT molecular complexity index is 515. The van der Waals surface area contributed by atoms with Crippen LogP contribution in [0, 0.1) is 13.8 Å². The van der Waals surface area contributed by atoms with Crippen LogP contribution < -0.4 is 0 Å². The molecule has 1 atom stereocenters. The van der Waals surface area contributed by atoms with E-state index in [4.69, 9.17) is 0 Å². The average Bonchev–Trinajstić information content (AvgIpc) is 2.41. The van der Waals surface area contributed by atoms with Gasteiger partial charge in [0.15, 0.2) is 0 Å². The molecule has 1 fully saturated rings. The molecule has 5 heteroatoms. The molecule has 1 aromatic rings. The molecule has 19 heavy (non-hydrogen) atoms. The molecule has 0 aliphatic carbocycles. The molecule has 1 heterocycles. The Morgan fingerprint density at radius 2 is 2.11 bits per heavy atom. The molecule has 2 rings (SSSR count). The summed E-state index contributed by atoms with van der Waals surface area (Å²) in [6.07, 6.45) is 0. The van der Waals surface area contributed by atoms with Gasteiger partial charge in [-0.2, -0.15) is 11.8 Å². The number of aryl methyl sites for hydroxylation is 1. The van der Waals surface area contributed by atoms with Crippen molar-refractivity contribution in [2.24, 2.45) is 0 Å². The van der Waals surface area contributed by atoms with Gasteiger partial charge in [0.05, 0.1) is 0 Å². The third-order valence-electron chi connectivity index (χ3n) is 3.51. The molecule has 1 N–H and O–H groups in total. The predicted molar refractivity (Wildman–Crippen MR) is 75.7 cm³/mol. The minimum Gasteiger partial charge on any atom is -0.480 e. The highest BCUT2D eigenvalue weighted by atomic mass is 32.2. The number of benzene rings is 1.